The van der Waals surface area contributed by atoms with Crippen LogP contribution in [-0.2, 0) is 10.2 Å². The first-order chi connectivity index (χ1) is 16.3. The molecule has 9 heteroatoms. The van der Waals surface area contributed by atoms with Gasteiger partial charge in [0, 0.05) is 24.3 Å². The number of hydrogen-bond donors (Lipinski definition) is 1. The maximum absolute atomic E-state index is 13.1. The molecule has 0 amide bonds. The van der Waals surface area contributed by atoms with E-state index in [1.165, 1.54) is 48.5 Å². The van der Waals surface area contributed by atoms with E-state index in [2.05, 4.69) is 0 Å². The van der Waals surface area contributed by atoms with Crippen molar-refractivity contribution in [3.8, 4) is 0 Å². The molecule has 0 radical (unpaired) electrons. The second-order valence-electron chi connectivity index (χ2n) is 8.25. The van der Waals surface area contributed by atoms with Crippen LogP contribution < -0.4 is 0 Å². The highest BCUT2D eigenvalue weighted by atomic mass is 16.6. The molecular weight excluding hydrogens is 440 g/mol. The van der Waals surface area contributed by atoms with Gasteiger partial charge in [0.05, 0.1) is 26.9 Å². The summed E-state index contributed by atoms with van der Waals surface area (Å²) in [6.07, 6.45) is -0.0224. The zero-order valence-corrected chi connectivity index (χ0v) is 18.1. The van der Waals surface area contributed by atoms with E-state index < -0.39 is 33.4 Å². The molecule has 1 N–H and O–H groups in total. The SMILES string of the molecule is O=C(O[C@@H](c1ccc([N+](=O)[O-])cc1)[C@@]1(c2ccccc2)CCC[C@@H]1O)c1ccc([N+](=O)[O-])cc1. The van der Waals surface area contributed by atoms with Crippen molar-refractivity contribution in [1.29, 1.82) is 0 Å². The van der Waals surface area contributed by atoms with Gasteiger partial charge in [-0.2, -0.15) is 0 Å². The number of benzene rings is 3. The molecule has 3 atom stereocenters. The zero-order valence-electron chi connectivity index (χ0n) is 18.1. The van der Waals surface area contributed by atoms with Crippen LogP contribution in [0.15, 0.2) is 78.9 Å². The van der Waals surface area contributed by atoms with Crippen molar-refractivity contribution in [3.63, 3.8) is 0 Å². The van der Waals surface area contributed by atoms with Gasteiger partial charge in [0.25, 0.3) is 11.4 Å². The van der Waals surface area contributed by atoms with Crippen LogP contribution in [0, 0.1) is 20.2 Å². The van der Waals surface area contributed by atoms with Crippen LogP contribution in [0.1, 0.15) is 46.9 Å². The van der Waals surface area contributed by atoms with Gasteiger partial charge in [0.15, 0.2) is 0 Å². The maximum atomic E-state index is 13.1. The van der Waals surface area contributed by atoms with Gasteiger partial charge in [0.2, 0.25) is 0 Å². The number of aliphatic hydroxyl groups is 1. The number of ether oxygens (including phenoxy) is 1. The number of carbonyl (C=O) groups excluding carboxylic acids is 1. The lowest BCUT2D eigenvalue weighted by atomic mass is 9.70. The summed E-state index contributed by atoms with van der Waals surface area (Å²) < 4.78 is 6.00. The van der Waals surface area contributed by atoms with E-state index >= 15 is 0 Å². The van der Waals surface area contributed by atoms with Crippen molar-refractivity contribution >= 4 is 17.3 Å². The lowest BCUT2D eigenvalue weighted by molar-refractivity contribution is -0.385. The van der Waals surface area contributed by atoms with Crippen LogP contribution in [0.2, 0.25) is 0 Å². The van der Waals surface area contributed by atoms with Crippen LogP contribution in [0.5, 0.6) is 0 Å². The lowest BCUT2D eigenvalue weighted by Gasteiger charge is -2.40. The second-order valence-corrected chi connectivity index (χ2v) is 8.25. The molecule has 9 nitrogen and oxygen atoms in total. The summed E-state index contributed by atoms with van der Waals surface area (Å²) in [5, 5.41) is 33.3. The summed E-state index contributed by atoms with van der Waals surface area (Å²) in [5.41, 5.74) is 0.187. The summed E-state index contributed by atoms with van der Waals surface area (Å²) in [7, 11) is 0. The normalized spacial score (nSPS) is 20.4. The molecule has 0 spiro atoms. The predicted molar refractivity (Wildman–Crippen MR) is 122 cm³/mol. The quantitative estimate of drug-likeness (QED) is 0.300. The highest BCUT2D eigenvalue weighted by molar-refractivity contribution is 5.90. The third-order valence-corrected chi connectivity index (χ3v) is 6.39. The van der Waals surface area contributed by atoms with Crippen molar-refractivity contribution in [2.75, 3.05) is 0 Å². The Bertz CT molecular complexity index is 1200. The van der Waals surface area contributed by atoms with Gasteiger partial charge in [0.1, 0.15) is 6.10 Å². The number of nitrogens with zero attached hydrogens (tertiary/aromatic N) is 2. The second kappa shape index (κ2) is 9.40. The Hall–Kier alpha value is -4.11. The van der Waals surface area contributed by atoms with E-state index in [9.17, 15) is 30.1 Å². The summed E-state index contributed by atoms with van der Waals surface area (Å²) in [5.74, 6) is -0.715. The molecule has 174 valence electrons. The van der Waals surface area contributed by atoms with Gasteiger partial charge in [-0.1, -0.05) is 30.3 Å². The van der Waals surface area contributed by atoms with Gasteiger partial charge in [-0.05, 0) is 54.7 Å². The van der Waals surface area contributed by atoms with Crippen LogP contribution >= 0.6 is 0 Å². The molecule has 0 unspecified atom stereocenters. The van der Waals surface area contributed by atoms with Gasteiger partial charge in [-0.3, -0.25) is 20.2 Å². The Balaban J connectivity index is 1.78. The zero-order chi connectivity index (χ0) is 24.3. The molecule has 0 bridgehead atoms. The molecular formula is C25H22N2O7. The average Bonchev–Trinajstić information content (AvgIpc) is 3.24. The Morgan fingerprint density at radius 2 is 1.47 bits per heavy atom. The molecule has 34 heavy (non-hydrogen) atoms. The van der Waals surface area contributed by atoms with Gasteiger partial charge >= 0.3 is 5.97 Å². The van der Waals surface area contributed by atoms with Crippen LogP contribution in [0.25, 0.3) is 0 Å². The predicted octanol–water partition coefficient (Wildman–Crippen LogP) is 4.88. The number of nitro groups is 2. The van der Waals surface area contributed by atoms with E-state index in [-0.39, 0.29) is 16.9 Å². The molecule has 0 aromatic heterocycles. The number of aliphatic hydroxyl groups excluding tert-OH is 1. The van der Waals surface area contributed by atoms with Gasteiger partial charge < -0.3 is 9.84 Å². The molecule has 0 heterocycles. The number of non-ortho nitro benzene ring substituents is 2. The highest BCUT2D eigenvalue weighted by Gasteiger charge is 2.52. The maximum Gasteiger partial charge on any atom is 0.338 e. The average molecular weight is 462 g/mol. The molecule has 1 aliphatic rings. The molecule has 3 aromatic rings. The smallest absolute Gasteiger partial charge is 0.338 e. The topological polar surface area (TPSA) is 133 Å². The van der Waals surface area contributed by atoms with Crippen LogP contribution in [0.3, 0.4) is 0 Å². The highest BCUT2D eigenvalue weighted by Crippen LogP contribution is 2.51. The summed E-state index contributed by atoms with van der Waals surface area (Å²) in [6.45, 7) is 0. The summed E-state index contributed by atoms with van der Waals surface area (Å²) in [4.78, 5) is 34.2. The molecule has 1 fully saturated rings. The lowest BCUT2D eigenvalue weighted by Crippen LogP contribution is -2.43. The van der Waals surface area contributed by atoms with Crippen molar-refractivity contribution in [3.05, 3.63) is 116 Å². The van der Waals surface area contributed by atoms with E-state index in [0.29, 0.717) is 24.8 Å². The largest absolute Gasteiger partial charge is 0.453 e. The minimum atomic E-state index is -0.964. The Morgan fingerprint density at radius 1 is 0.912 bits per heavy atom. The van der Waals surface area contributed by atoms with E-state index in [1.807, 2.05) is 30.3 Å². The number of esters is 1. The van der Waals surface area contributed by atoms with Crippen LogP contribution in [-0.4, -0.2) is 27.0 Å². The Labute approximate surface area is 194 Å². The standard InChI is InChI=1S/C25H22N2O7/c28-22-7-4-16-25(22,19-5-2-1-3-6-19)23(17-8-12-20(13-9-17)26(30)31)34-24(29)18-10-14-21(15-11-18)27(32)33/h1-3,5-6,8-15,22-23,28H,4,7,16H2/t22-,23-,25+/m0/s1. The molecule has 0 saturated heterocycles. The number of hydrogen-bond acceptors (Lipinski definition) is 7. The van der Waals surface area contributed by atoms with Crippen molar-refractivity contribution < 1.29 is 24.5 Å². The first-order valence-corrected chi connectivity index (χ1v) is 10.8. The summed E-state index contributed by atoms with van der Waals surface area (Å²) in [6, 6.07) is 20.1. The van der Waals surface area contributed by atoms with E-state index in [1.54, 1.807) is 0 Å². The third-order valence-electron chi connectivity index (χ3n) is 6.39. The molecule has 1 aliphatic carbocycles. The Morgan fingerprint density at radius 3 is 1.97 bits per heavy atom. The fourth-order valence-corrected chi connectivity index (χ4v) is 4.69. The van der Waals surface area contributed by atoms with E-state index in [4.69, 9.17) is 4.74 Å². The number of carbonyl (C=O) groups is 1. The van der Waals surface area contributed by atoms with E-state index in [0.717, 1.165) is 5.56 Å². The minimum absolute atomic E-state index is 0.107. The molecule has 1 saturated carbocycles. The summed E-state index contributed by atoms with van der Waals surface area (Å²) >= 11 is 0. The minimum Gasteiger partial charge on any atom is -0.453 e. The van der Waals surface area contributed by atoms with Crippen molar-refractivity contribution in [2.24, 2.45) is 0 Å². The first-order valence-electron chi connectivity index (χ1n) is 10.8. The monoisotopic (exact) mass is 462 g/mol. The van der Waals surface area contributed by atoms with Gasteiger partial charge in [-0.25, -0.2) is 4.79 Å². The first kappa shape index (κ1) is 23.1. The fourth-order valence-electron chi connectivity index (χ4n) is 4.69. The van der Waals surface area contributed by atoms with Crippen molar-refractivity contribution in [2.45, 2.75) is 36.9 Å². The van der Waals surface area contributed by atoms with Crippen LogP contribution in [0.4, 0.5) is 11.4 Å². The molecule has 3 aromatic carbocycles. The van der Waals surface area contributed by atoms with Crippen molar-refractivity contribution in [1.82, 2.24) is 0 Å². The third kappa shape index (κ3) is 4.25. The number of rotatable bonds is 7. The van der Waals surface area contributed by atoms with Gasteiger partial charge in [-0.15, -0.1) is 0 Å². The Kier molecular flexibility index (Phi) is 6.38. The fraction of sp³-hybridized carbons (Fsp3) is 0.240. The molecule has 0 aliphatic heterocycles. The molecule has 4 rings (SSSR count). The number of nitro benzene ring substituents is 2.